The van der Waals surface area contributed by atoms with E-state index in [0.717, 1.165) is 28.8 Å². The highest BCUT2D eigenvalue weighted by Crippen LogP contribution is 2.39. The van der Waals surface area contributed by atoms with E-state index in [-0.39, 0.29) is 0 Å². The second-order valence-electron chi connectivity index (χ2n) is 3.60. The third-order valence-electron chi connectivity index (χ3n) is 2.61. The van der Waals surface area contributed by atoms with Crippen molar-refractivity contribution in [3.63, 3.8) is 0 Å². The predicted octanol–water partition coefficient (Wildman–Crippen LogP) is 2.67. The number of hydrogen-bond donors (Lipinski definition) is 1. The van der Waals surface area contributed by atoms with E-state index in [1.165, 1.54) is 11.1 Å². The molecular weight excluding hydrogens is 270 g/mol. The summed E-state index contributed by atoms with van der Waals surface area (Å²) in [6.07, 6.45) is 1.93. The molecule has 1 aromatic rings. The average molecular weight is 288 g/mol. The SMILES string of the molecule is COc1cc(CCCN)c(C)c(Br)c1OC. The van der Waals surface area contributed by atoms with Crippen molar-refractivity contribution in [1.29, 1.82) is 0 Å². The molecule has 90 valence electrons. The van der Waals surface area contributed by atoms with E-state index in [2.05, 4.69) is 22.9 Å². The van der Waals surface area contributed by atoms with Crippen molar-refractivity contribution >= 4 is 15.9 Å². The molecule has 4 heteroatoms. The van der Waals surface area contributed by atoms with Crippen molar-refractivity contribution in [1.82, 2.24) is 0 Å². The summed E-state index contributed by atoms with van der Waals surface area (Å²) < 4.78 is 11.6. The summed E-state index contributed by atoms with van der Waals surface area (Å²) in [6.45, 7) is 2.77. The number of rotatable bonds is 5. The van der Waals surface area contributed by atoms with E-state index in [1.54, 1.807) is 14.2 Å². The lowest BCUT2D eigenvalue weighted by Crippen LogP contribution is -2.03. The summed E-state index contributed by atoms with van der Waals surface area (Å²) >= 11 is 3.54. The Balaban J connectivity index is 3.16. The molecule has 0 atom stereocenters. The van der Waals surface area contributed by atoms with Gasteiger partial charge in [-0.1, -0.05) is 0 Å². The van der Waals surface area contributed by atoms with Crippen LogP contribution in [0.15, 0.2) is 10.5 Å². The minimum atomic E-state index is 0.700. The highest BCUT2D eigenvalue weighted by molar-refractivity contribution is 9.10. The highest BCUT2D eigenvalue weighted by atomic mass is 79.9. The molecular formula is C12H18BrNO2. The normalized spacial score (nSPS) is 10.3. The summed E-state index contributed by atoms with van der Waals surface area (Å²) in [5.74, 6) is 1.50. The monoisotopic (exact) mass is 287 g/mol. The second kappa shape index (κ2) is 6.11. The van der Waals surface area contributed by atoms with Gasteiger partial charge in [-0.15, -0.1) is 0 Å². The minimum Gasteiger partial charge on any atom is -0.493 e. The van der Waals surface area contributed by atoms with Gasteiger partial charge < -0.3 is 15.2 Å². The van der Waals surface area contributed by atoms with Crippen LogP contribution in [0.5, 0.6) is 11.5 Å². The second-order valence-corrected chi connectivity index (χ2v) is 4.40. The fourth-order valence-electron chi connectivity index (χ4n) is 1.65. The first-order valence-electron chi connectivity index (χ1n) is 5.25. The van der Waals surface area contributed by atoms with Crippen molar-refractivity contribution in [3.8, 4) is 11.5 Å². The van der Waals surface area contributed by atoms with Crippen LogP contribution in [0.3, 0.4) is 0 Å². The Morgan fingerprint density at radius 2 is 2.00 bits per heavy atom. The van der Waals surface area contributed by atoms with Gasteiger partial charge in [-0.05, 0) is 59.4 Å². The zero-order valence-electron chi connectivity index (χ0n) is 9.97. The van der Waals surface area contributed by atoms with Crippen LogP contribution in [0.2, 0.25) is 0 Å². The third-order valence-corrected chi connectivity index (χ3v) is 3.57. The van der Waals surface area contributed by atoms with Crippen molar-refractivity contribution in [2.24, 2.45) is 5.73 Å². The van der Waals surface area contributed by atoms with Crippen LogP contribution >= 0.6 is 15.9 Å². The molecule has 3 nitrogen and oxygen atoms in total. The van der Waals surface area contributed by atoms with E-state index < -0.39 is 0 Å². The van der Waals surface area contributed by atoms with Gasteiger partial charge >= 0.3 is 0 Å². The number of methoxy groups -OCH3 is 2. The maximum absolute atomic E-state index is 5.52. The van der Waals surface area contributed by atoms with Gasteiger partial charge in [0.2, 0.25) is 0 Å². The molecule has 0 aliphatic rings. The van der Waals surface area contributed by atoms with Crippen molar-refractivity contribution < 1.29 is 9.47 Å². The van der Waals surface area contributed by atoms with Gasteiger partial charge in [0.25, 0.3) is 0 Å². The summed E-state index contributed by atoms with van der Waals surface area (Å²) in [5, 5.41) is 0. The van der Waals surface area contributed by atoms with Crippen LogP contribution in [-0.2, 0) is 6.42 Å². The number of nitrogens with two attached hydrogens (primary N) is 1. The van der Waals surface area contributed by atoms with E-state index in [9.17, 15) is 0 Å². The van der Waals surface area contributed by atoms with Crippen LogP contribution in [0.25, 0.3) is 0 Å². The van der Waals surface area contributed by atoms with Crippen molar-refractivity contribution in [3.05, 3.63) is 21.7 Å². The molecule has 0 aromatic heterocycles. The molecule has 0 aliphatic carbocycles. The molecule has 0 aliphatic heterocycles. The van der Waals surface area contributed by atoms with Crippen molar-refractivity contribution in [2.45, 2.75) is 19.8 Å². The fourth-order valence-corrected chi connectivity index (χ4v) is 2.26. The minimum absolute atomic E-state index is 0.700. The molecule has 0 saturated carbocycles. The molecule has 0 saturated heterocycles. The number of ether oxygens (including phenoxy) is 2. The number of hydrogen-bond acceptors (Lipinski definition) is 3. The van der Waals surface area contributed by atoms with Crippen molar-refractivity contribution in [2.75, 3.05) is 20.8 Å². The Bertz CT molecular complexity index is 367. The van der Waals surface area contributed by atoms with Crippen LogP contribution in [0, 0.1) is 6.92 Å². The standard InChI is InChI=1S/C12H18BrNO2/c1-8-9(5-4-6-14)7-10(15-2)12(16-3)11(8)13/h7H,4-6,14H2,1-3H3. The van der Waals surface area contributed by atoms with E-state index in [0.29, 0.717) is 6.54 Å². The summed E-state index contributed by atoms with van der Waals surface area (Å²) in [6, 6.07) is 2.02. The number of benzene rings is 1. The third kappa shape index (κ3) is 2.68. The molecule has 0 fully saturated rings. The van der Waals surface area contributed by atoms with Crippen LogP contribution in [0.1, 0.15) is 17.5 Å². The van der Waals surface area contributed by atoms with E-state index >= 15 is 0 Å². The Morgan fingerprint density at radius 1 is 1.31 bits per heavy atom. The molecule has 0 heterocycles. The molecule has 0 spiro atoms. The Morgan fingerprint density at radius 3 is 2.50 bits per heavy atom. The lowest BCUT2D eigenvalue weighted by atomic mass is 10.0. The van der Waals surface area contributed by atoms with Crippen LogP contribution in [-0.4, -0.2) is 20.8 Å². The predicted molar refractivity (Wildman–Crippen MR) is 69.4 cm³/mol. The van der Waals surface area contributed by atoms with Gasteiger partial charge in [0.15, 0.2) is 11.5 Å². The summed E-state index contributed by atoms with van der Waals surface area (Å²) in [5.41, 5.74) is 7.96. The van der Waals surface area contributed by atoms with Gasteiger partial charge in [0.05, 0.1) is 18.7 Å². The summed E-state index contributed by atoms with van der Waals surface area (Å²) in [4.78, 5) is 0. The lowest BCUT2D eigenvalue weighted by molar-refractivity contribution is 0.352. The number of aryl methyl sites for hydroxylation is 1. The van der Waals surface area contributed by atoms with Crippen LogP contribution in [0.4, 0.5) is 0 Å². The lowest BCUT2D eigenvalue weighted by Gasteiger charge is -2.15. The molecule has 0 radical (unpaired) electrons. The quantitative estimate of drug-likeness (QED) is 0.906. The first kappa shape index (κ1) is 13.3. The average Bonchev–Trinajstić information content (AvgIpc) is 2.30. The van der Waals surface area contributed by atoms with Gasteiger partial charge in [0, 0.05) is 0 Å². The molecule has 0 amide bonds. The number of halogens is 1. The topological polar surface area (TPSA) is 44.5 Å². The maximum Gasteiger partial charge on any atom is 0.175 e. The Kier molecular flexibility index (Phi) is 5.09. The summed E-state index contributed by atoms with van der Waals surface area (Å²) in [7, 11) is 3.29. The van der Waals surface area contributed by atoms with Gasteiger partial charge in [0.1, 0.15) is 0 Å². The zero-order chi connectivity index (χ0) is 12.1. The highest BCUT2D eigenvalue weighted by Gasteiger charge is 2.14. The Hall–Kier alpha value is -0.740. The van der Waals surface area contributed by atoms with E-state index in [4.69, 9.17) is 15.2 Å². The zero-order valence-corrected chi connectivity index (χ0v) is 11.6. The smallest absolute Gasteiger partial charge is 0.175 e. The van der Waals surface area contributed by atoms with E-state index in [1.807, 2.05) is 6.07 Å². The first-order valence-corrected chi connectivity index (χ1v) is 6.05. The molecule has 1 aromatic carbocycles. The Labute approximate surface area is 105 Å². The molecule has 1 rings (SSSR count). The molecule has 16 heavy (non-hydrogen) atoms. The van der Waals surface area contributed by atoms with Gasteiger partial charge in [-0.3, -0.25) is 0 Å². The first-order chi connectivity index (χ1) is 7.65. The van der Waals surface area contributed by atoms with Gasteiger partial charge in [-0.25, -0.2) is 0 Å². The van der Waals surface area contributed by atoms with Crippen LogP contribution < -0.4 is 15.2 Å². The molecule has 2 N–H and O–H groups in total. The maximum atomic E-state index is 5.52. The molecule has 0 bridgehead atoms. The fraction of sp³-hybridized carbons (Fsp3) is 0.500. The molecule has 0 unspecified atom stereocenters. The van der Waals surface area contributed by atoms with Gasteiger partial charge in [-0.2, -0.15) is 0 Å². The largest absolute Gasteiger partial charge is 0.493 e.